The highest BCUT2D eigenvalue weighted by Gasteiger charge is 2.19. The summed E-state index contributed by atoms with van der Waals surface area (Å²) in [5.74, 6) is 0.244. The maximum Gasteiger partial charge on any atom is 0.263 e. The van der Waals surface area contributed by atoms with Crippen LogP contribution in [0.25, 0.3) is 0 Å². The van der Waals surface area contributed by atoms with Gasteiger partial charge in [0.05, 0.1) is 4.90 Å². The fourth-order valence-corrected chi connectivity index (χ4v) is 3.10. The number of thiocarbonyl (C=S) groups is 1. The van der Waals surface area contributed by atoms with E-state index in [0.717, 1.165) is 5.56 Å². The minimum atomic E-state index is -3.78. The number of hydrogen-bond acceptors (Lipinski definition) is 4. The molecular weight excluding hydrogens is 294 g/mol. The van der Waals surface area contributed by atoms with Gasteiger partial charge in [-0.15, -0.1) is 0 Å². The second-order valence-corrected chi connectivity index (χ2v) is 6.28. The van der Waals surface area contributed by atoms with Crippen LogP contribution in [-0.4, -0.2) is 18.4 Å². The Morgan fingerprint density at radius 1 is 1.25 bits per heavy atom. The lowest BCUT2D eigenvalue weighted by Crippen LogP contribution is -2.20. The van der Waals surface area contributed by atoms with Crippen molar-refractivity contribution in [3.05, 3.63) is 53.7 Å². The van der Waals surface area contributed by atoms with Gasteiger partial charge in [-0.2, -0.15) is 0 Å². The summed E-state index contributed by atoms with van der Waals surface area (Å²) in [5, 5.41) is 0. The van der Waals surface area contributed by atoms with Gasteiger partial charge in [0.2, 0.25) is 0 Å². The van der Waals surface area contributed by atoms with Crippen LogP contribution in [0.3, 0.4) is 0 Å². The summed E-state index contributed by atoms with van der Waals surface area (Å²) in [5.41, 5.74) is 6.80. The standard InChI is InChI=1S/C13H13N3O2S2/c1-9-6-7-12(15-8-9)16-20(17,18)11-5-3-2-4-10(11)13(14)19/h2-8H,1H3,(H2,14,19)(H,15,16). The molecule has 1 heterocycles. The molecule has 5 nitrogen and oxygen atoms in total. The van der Waals surface area contributed by atoms with E-state index in [2.05, 4.69) is 9.71 Å². The number of nitrogens with one attached hydrogen (secondary N) is 1. The smallest absolute Gasteiger partial charge is 0.263 e. The van der Waals surface area contributed by atoms with E-state index in [0.29, 0.717) is 5.56 Å². The zero-order valence-electron chi connectivity index (χ0n) is 10.7. The fourth-order valence-electron chi connectivity index (χ4n) is 1.63. The van der Waals surface area contributed by atoms with Gasteiger partial charge in [0, 0.05) is 11.8 Å². The molecule has 0 radical (unpaired) electrons. The van der Waals surface area contributed by atoms with Crippen molar-refractivity contribution in [1.82, 2.24) is 4.98 Å². The number of nitrogens with zero attached hydrogens (tertiary/aromatic N) is 1. The van der Waals surface area contributed by atoms with Crippen LogP contribution in [0.2, 0.25) is 0 Å². The molecule has 0 aliphatic carbocycles. The molecule has 0 aliphatic heterocycles. The van der Waals surface area contributed by atoms with Gasteiger partial charge in [0.1, 0.15) is 10.8 Å². The van der Waals surface area contributed by atoms with E-state index >= 15 is 0 Å². The first kappa shape index (κ1) is 14.4. The molecule has 20 heavy (non-hydrogen) atoms. The van der Waals surface area contributed by atoms with Crippen LogP contribution < -0.4 is 10.5 Å². The number of aromatic nitrogens is 1. The van der Waals surface area contributed by atoms with Crippen LogP contribution in [-0.2, 0) is 10.0 Å². The zero-order chi connectivity index (χ0) is 14.8. The Morgan fingerprint density at radius 3 is 2.55 bits per heavy atom. The molecule has 0 saturated carbocycles. The maximum atomic E-state index is 12.3. The molecule has 0 amide bonds. The fraction of sp³-hybridized carbons (Fsp3) is 0.0769. The average molecular weight is 307 g/mol. The van der Waals surface area contributed by atoms with Crippen LogP contribution >= 0.6 is 12.2 Å². The van der Waals surface area contributed by atoms with Crippen molar-refractivity contribution in [2.24, 2.45) is 5.73 Å². The van der Waals surface area contributed by atoms with Gasteiger partial charge in [-0.25, -0.2) is 13.4 Å². The largest absolute Gasteiger partial charge is 0.389 e. The second kappa shape index (κ2) is 5.56. The molecule has 0 spiro atoms. The Kier molecular flexibility index (Phi) is 4.01. The molecule has 104 valence electrons. The molecule has 0 saturated heterocycles. The molecule has 2 aromatic rings. The first-order valence-corrected chi connectivity index (χ1v) is 7.63. The predicted molar refractivity (Wildman–Crippen MR) is 82.1 cm³/mol. The predicted octanol–water partition coefficient (Wildman–Crippen LogP) is 1.83. The molecule has 1 aromatic carbocycles. The molecule has 7 heteroatoms. The van der Waals surface area contributed by atoms with Crippen molar-refractivity contribution < 1.29 is 8.42 Å². The number of hydrogen-bond donors (Lipinski definition) is 2. The summed E-state index contributed by atoms with van der Waals surface area (Å²) in [4.78, 5) is 4.08. The first-order chi connectivity index (χ1) is 9.40. The molecule has 1 aromatic heterocycles. The Hall–Kier alpha value is -1.99. The summed E-state index contributed by atoms with van der Waals surface area (Å²) in [6, 6.07) is 9.67. The quantitative estimate of drug-likeness (QED) is 0.842. The number of nitrogens with two attached hydrogens (primary N) is 1. The molecule has 0 bridgehead atoms. The van der Waals surface area contributed by atoms with Crippen LogP contribution in [0, 0.1) is 6.92 Å². The van der Waals surface area contributed by atoms with Gasteiger partial charge >= 0.3 is 0 Å². The summed E-state index contributed by atoms with van der Waals surface area (Å²) in [7, 11) is -3.78. The number of pyridine rings is 1. The van der Waals surface area contributed by atoms with E-state index < -0.39 is 10.0 Å². The van der Waals surface area contributed by atoms with Crippen LogP contribution in [0.1, 0.15) is 11.1 Å². The molecule has 2 rings (SSSR count). The van der Waals surface area contributed by atoms with Gasteiger partial charge in [0.25, 0.3) is 10.0 Å². The lowest BCUT2D eigenvalue weighted by molar-refractivity contribution is 0.601. The molecular formula is C13H13N3O2S2. The summed E-state index contributed by atoms with van der Waals surface area (Å²) < 4.78 is 27.1. The minimum absolute atomic E-state index is 0.0304. The Bertz CT molecular complexity index is 740. The van der Waals surface area contributed by atoms with Gasteiger partial charge in [-0.3, -0.25) is 4.72 Å². The highest BCUT2D eigenvalue weighted by atomic mass is 32.2. The SMILES string of the molecule is Cc1ccc(NS(=O)(=O)c2ccccc2C(N)=S)nc1. The molecule has 0 unspecified atom stereocenters. The summed E-state index contributed by atoms with van der Waals surface area (Å²) >= 11 is 4.87. The normalized spacial score (nSPS) is 11.1. The number of aryl methyl sites for hydroxylation is 1. The number of sulfonamides is 1. The topological polar surface area (TPSA) is 85.1 Å². The second-order valence-electron chi connectivity index (χ2n) is 4.19. The van der Waals surface area contributed by atoms with Crippen molar-refractivity contribution >= 4 is 33.0 Å². The van der Waals surface area contributed by atoms with E-state index in [-0.39, 0.29) is 15.7 Å². The van der Waals surface area contributed by atoms with Gasteiger partial charge in [-0.05, 0) is 24.6 Å². The van der Waals surface area contributed by atoms with Gasteiger partial charge < -0.3 is 5.73 Å². The van der Waals surface area contributed by atoms with Crippen molar-refractivity contribution in [2.45, 2.75) is 11.8 Å². The van der Waals surface area contributed by atoms with E-state index in [9.17, 15) is 8.42 Å². The average Bonchev–Trinajstić information content (AvgIpc) is 2.41. The third-order valence-electron chi connectivity index (χ3n) is 2.59. The van der Waals surface area contributed by atoms with Gasteiger partial charge in [0.15, 0.2) is 0 Å². The number of rotatable bonds is 4. The van der Waals surface area contributed by atoms with Crippen molar-refractivity contribution in [3.8, 4) is 0 Å². The Labute approximate surface area is 122 Å². The summed E-state index contributed by atoms with van der Waals surface area (Å²) in [6.45, 7) is 1.87. The van der Waals surface area contributed by atoms with Gasteiger partial charge in [-0.1, -0.05) is 36.5 Å². The van der Waals surface area contributed by atoms with Crippen molar-refractivity contribution in [2.75, 3.05) is 4.72 Å². The van der Waals surface area contributed by atoms with E-state index in [4.69, 9.17) is 18.0 Å². The molecule has 0 atom stereocenters. The van der Waals surface area contributed by atoms with E-state index in [1.807, 2.05) is 6.92 Å². The zero-order valence-corrected chi connectivity index (χ0v) is 12.3. The third-order valence-corrected chi connectivity index (χ3v) is 4.23. The highest BCUT2D eigenvalue weighted by molar-refractivity contribution is 7.93. The molecule has 0 aliphatic rings. The highest BCUT2D eigenvalue weighted by Crippen LogP contribution is 2.18. The van der Waals surface area contributed by atoms with Crippen LogP contribution in [0.15, 0.2) is 47.5 Å². The van der Waals surface area contributed by atoms with Crippen LogP contribution in [0.4, 0.5) is 5.82 Å². The summed E-state index contributed by atoms with van der Waals surface area (Å²) in [6.07, 6.45) is 1.58. The first-order valence-electron chi connectivity index (χ1n) is 5.74. The number of benzene rings is 1. The number of anilines is 1. The Balaban J connectivity index is 2.41. The monoisotopic (exact) mass is 307 g/mol. The third kappa shape index (κ3) is 3.12. The Morgan fingerprint density at radius 2 is 1.95 bits per heavy atom. The van der Waals surface area contributed by atoms with Crippen molar-refractivity contribution in [3.63, 3.8) is 0 Å². The molecule has 3 N–H and O–H groups in total. The maximum absolute atomic E-state index is 12.3. The lowest BCUT2D eigenvalue weighted by Gasteiger charge is -2.11. The van der Waals surface area contributed by atoms with Crippen molar-refractivity contribution in [1.29, 1.82) is 0 Å². The molecule has 0 fully saturated rings. The lowest BCUT2D eigenvalue weighted by atomic mass is 10.2. The van der Waals surface area contributed by atoms with E-state index in [1.165, 1.54) is 6.07 Å². The minimum Gasteiger partial charge on any atom is -0.389 e. The van der Waals surface area contributed by atoms with Crippen LogP contribution in [0.5, 0.6) is 0 Å². The van der Waals surface area contributed by atoms with E-state index in [1.54, 1.807) is 36.5 Å².